The molecule has 4 heteroatoms. The Kier molecular flexibility index (Phi) is 3.92. The number of ether oxygens (including phenoxy) is 1. The monoisotopic (exact) mass is 246 g/mol. The molecule has 0 saturated heterocycles. The Balaban J connectivity index is 2.42. The van der Waals surface area contributed by atoms with Crippen molar-refractivity contribution in [3.8, 4) is 5.75 Å². The van der Waals surface area contributed by atoms with Gasteiger partial charge >= 0.3 is 0 Å². The highest BCUT2D eigenvalue weighted by molar-refractivity contribution is 5.37. The third-order valence-electron chi connectivity index (χ3n) is 2.81. The van der Waals surface area contributed by atoms with Gasteiger partial charge in [0, 0.05) is 5.56 Å². The zero-order chi connectivity index (χ0) is 13.0. The molecule has 0 aromatic heterocycles. The second-order valence-electron chi connectivity index (χ2n) is 3.90. The summed E-state index contributed by atoms with van der Waals surface area (Å²) in [5, 5.41) is 0. The number of halogens is 1. The maximum Gasteiger partial charge on any atom is 0.128 e. The van der Waals surface area contributed by atoms with Crippen molar-refractivity contribution in [2.75, 3.05) is 7.11 Å². The van der Waals surface area contributed by atoms with Gasteiger partial charge in [-0.25, -0.2) is 9.82 Å². The maximum atomic E-state index is 13.8. The fourth-order valence-corrected chi connectivity index (χ4v) is 1.90. The minimum Gasteiger partial charge on any atom is -0.497 e. The smallest absolute Gasteiger partial charge is 0.128 e. The Bertz CT molecular complexity index is 531. The average Bonchev–Trinajstić information content (AvgIpc) is 2.42. The van der Waals surface area contributed by atoms with Gasteiger partial charge in [-0.15, -0.1) is 0 Å². The first kappa shape index (κ1) is 12.5. The van der Waals surface area contributed by atoms with Crippen molar-refractivity contribution in [3.05, 3.63) is 65.5 Å². The Morgan fingerprint density at radius 2 is 1.94 bits per heavy atom. The number of hydrogen-bond acceptors (Lipinski definition) is 3. The SMILES string of the molecule is COc1cccc(C(NN)c2ccccc2F)c1. The molecular weight excluding hydrogens is 231 g/mol. The lowest BCUT2D eigenvalue weighted by Gasteiger charge is -2.18. The van der Waals surface area contributed by atoms with Crippen LogP contribution in [-0.4, -0.2) is 7.11 Å². The van der Waals surface area contributed by atoms with E-state index in [1.54, 1.807) is 25.3 Å². The number of nitrogens with two attached hydrogens (primary N) is 1. The molecule has 2 aromatic rings. The summed E-state index contributed by atoms with van der Waals surface area (Å²) in [5.41, 5.74) is 3.99. The van der Waals surface area contributed by atoms with Gasteiger partial charge in [0.05, 0.1) is 13.2 Å². The van der Waals surface area contributed by atoms with Gasteiger partial charge < -0.3 is 4.74 Å². The molecule has 0 heterocycles. The summed E-state index contributed by atoms with van der Waals surface area (Å²) in [5.74, 6) is 5.96. The first-order valence-corrected chi connectivity index (χ1v) is 5.60. The molecule has 0 aliphatic rings. The molecule has 94 valence electrons. The lowest BCUT2D eigenvalue weighted by atomic mass is 9.98. The zero-order valence-electron chi connectivity index (χ0n) is 10.1. The van der Waals surface area contributed by atoms with Gasteiger partial charge in [-0.2, -0.15) is 0 Å². The summed E-state index contributed by atoms with van der Waals surface area (Å²) in [7, 11) is 1.59. The average molecular weight is 246 g/mol. The maximum absolute atomic E-state index is 13.8. The van der Waals surface area contributed by atoms with Crippen molar-refractivity contribution in [2.45, 2.75) is 6.04 Å². The minimum atomic E-state index is -0.402. The molecule has 3 nitrogen and oxygen atoms in total. The Labute approximate surface area is 105 Å². The third kappa shape index (κ3) is 2.50. The van der Waals surface area contributed by atoms with Crippen molar-refractivity contribution in [2.24, 2.45) is 5.84 Å². The Morgan fingerprint density at radius 3 is 2.61 bits per heavy atom. The van der Waals surface area contributed by atoms with Crippen molar-refractivity contribution in [1.29, 1.82) is 0 Å². The van der Waals surface area contributed by atoms with Crippen LogP contribution in [0.25, 0.3) is 0 Å². The minimum absolute atomic E-state index is 0.289. The quantitative estimate of drug-likeness (QED) is 0.643. The Morgan fingerprint density at radius 1 is 1.17 bits per heavy atom. The molecule has 0 amide bonds. The van der Waals surface area contributed by atoms with Crippen LogP contribution in [0.4, 0.5) is 4.39 Å². The van der Waals surface area contributed by atoms with E-state index in [4.69, 9.17) is 10.6 Å². The van der Waals surface area contributed by atoms with E-state index in [9.17, 15) is 4.39 Å². The molecule has 0 bridgehead atoms. The molecule has 1 unspecified atom stereocenters. The molecule has 2 aromatic carbocycles. The normalized spacial score (nSPS) is 12.2. The van der Waals surface area contributed by atoms with Crippen molar-refractivity contribution >= 4 is 0 Å². The zero-order valence-corrected chi connectivity index (χ0v) is 10.1. The van der Waals surface area contributed by atoms with Gasteiger partial charge in [0.25, 0.3) is 0 Å². The van der Waals surface area contributed by atoms with Crippen LogP contribution in [0.5, 0.6) is 5.75 Å². The highest BCUT2D eigenvalue weighted by Gasteiger charge is 2.16. The highest BCUT2D eigenvalue weighted by Crippen LogP contribution is 2.26. The summed E-state index contributed by atoms with van der Waals surface area (Å²) in [6.45, 7) is 0. The molecule has 2 rings (SSSR count). The van der Waals surface area contributed by atoms with Gasteiger partial charge in [-0.1, -0.05) is 30.3 Å². The fraction of sp³-hybridized carbons (Fsp3) is 0.143. The van der Waals surface area contributed by atoms with Crippen molar-refractivity contribution in [1.82, 2.24) is 5.43 Å². The predicted molar refractivity (Wildman–Crippen MR) is 68.6 cm³/mol. The molecule has 0 radical (unpaired) electrons. The van der Waals surface area contributed by atoms with Gasteiger partial charge in [0.1, 0.15) is 11.6 Å². The standard InChI is InChI=1S/C14H15FN2O/c1-18-11-6-4-5-10(9-11)14(17-16)12-7-2-3-8-13(12)15/h2-9,14,17H,16H2,1H3. The van der Waals surface area contributed by atoms with Crippen molar-refractivity contribution in [3.63, 3.8) is 0 Å². The number of rotatable bonds is 4. The summed E-state index contributed by atoms with van der Waals surface area (Å²) in [6.07, 6.45) is 0. The lowest BCUT2D eigenvalue weighted by molar-refractivity contribution is 0.413. The van der Waals surface area contributed by atoms with E-state index in [0.717, 1.165) is 5.56 Å². The summed E-state index contributed by atoms with van der Waals surface area (Å²) >= 11 is 0. The molecule has 0 aliphatic carbocycles. The van der Waals surface area contributed by atoms with Gasteiger partial charge in [-0.3, -0.25) is 5.84 Å². The molecular formula is C14H15FN2O. The van der Waals surface area contributed by atoms with E-state index in [2.05, 4.69) is 5.43 Å². The van der Waals surface area contributed by atoms with Crippen LogP contribution in [0.3, 0.4) is 0 Å². The third-order valence-corrected chi connectivity index (χ3v) is 2.81. The predicted octanol–water partition coefficient (Wildman–Crippen LogP) is 2.39. The van der Waals surface area contributed by atoms with Crippen LogP contribution in [0.15, 0.2) is 48.5 Å². The topological polar surface area (TPSA) is 47.3 Å². The van der Waals surface area contributed by atoms with Crippen LogP contribution < -0.4 is 16.0 Å². The van der Waals surface area contributed by atoms with E-state index in [-0.39, 0.29) is 5.82 Å². The van der Waals surface area contributed by atoms with Crippen LogP contribution in [0.1, 0.15) is 17.2 Å². The van der Waals surface area contributed by atoms with Crippen LogP contribution >= 0.6 is 0 Å². The van der Waals surface area contributed by atoms with Crippen molar-refractivity contribution < 1.29 is 9.13 Å². The number of hydrogen-bond donors (Lipinski definition) is 2. The van der Waals surface area contributed by atoms with Gasteiger partial charge in [0.2, 0.25) is 0 Å². The van der Waals surface area contributed by atoms with Gasteiger partial charge in [0.15, 0.2) is 0 Å². The number of hydrazine groups is 1. The van der Waals surface area contributed by atoms with E-state index >= 15 is 0 Å². The second kappa shape index (κ2) is 5.62. The van der Waals surface area contributed by atoms with Crippen LogP contribution in [-0.2, 0) is 0 Å². The molecule has 0 aliphatic heterocycles. The molecule has 0 spiro atoms. The summed E-state index contributed by atoms with van der Waals surface area (Å²) in [6, 6.07) is 13.5. The Hall–Kier alpha value is -1.91. The number of nitrogens with one attached hydrogen (secondary N) is 1. The first-order chi connectivity index (χ1) is 8.76. The lowest BCUT2D eigenvalue weighted by Crippen LogP contribution is -2.29. The van der Waals surface area contributed by atoms with Crippen LogP contribution in [0, 0.1) is 5.82 Å². The fourth-order valence-electron chi connectivity index (χ4n) is 1.90. The largest absolute Gasteiger partial charge is 0.497 e. The van der Waals surface area contributed by atoms with E-state index in [0.29, 0.717) is 11.3 Å². The molecule has 0 saturated carbocycles. The van der Waals surface area contributed by atoms with Crippen LogP contribution in [0.2, 0.25) is 0 Å². The second-order valence-corrected chi connectivity index (χ2v) is 3.90. The molecule has 18 heavy (non-hydrogen) atoms. The number of methoxy groups -OCH3 is 1. The van der Waals surface area contributed by atoms with E-state index in [1.165, 1.54) is 6.07 Å². The van der Waals surface area contributed by atoms with E-state index < -0.39 is 6.04 Å². The molecule has 3 N–H and O–H groups in total. The van der Waals surface area contributed by atoms with Gasteiger partial charge in [-0.05, 0) is 23.8 Å². The summed E-state index contributed by atoms with van der Waals surface area (Å²) in [4.78, 5) is 0. The first-order valence-electron chi connectivity index (χ1n) is 5.60. The molecule has 0 fully saturated rings. The highest BCUT2D eigenvalue weighted by atomic mass is 19.1. The number of benzene rings is 2. The molecule has 1 atom stereocenters. The summed E-state index contributed by atoms with van der Waals surface area (Å²) < 4.78 is 18.9. The van der Waals surface area contributed by atoms with E-state index in [1.807, 2.05) is 24.3 Å².